The molecule has 5 nitrogen and oxygen atoms in total. The van der Waals surface area contributed by atoms with E-state index in [1.807, 2.05) is 6.92 Å². The number of H-pyrrole nitrogens is 1. The fourth-order valence-electron chi connectivity index (χ4n) is 1.23. The van der Waals surface area contributed by atoms with E-state index < -0.39 is 5.60 Å². The molecule has 2 N–H and O–H groups in total. The van der Waals surface area contributed by atoms with Crippen molar-refractivity contribution < 1.29 is 5.11 Å². The highest BCUT2D eigenvalue weighted by atomic mass is 32.2. The first kappa shape index (κ1) is 13.3. The first-order chi connectivity index (χ1) is 7.44. The van der Waals surface area contributed by atoms with Crippen molar-refractivity contribution in [3.8, 4) is 0 Å². The molecular formula is C10H19N3O2S. The smallest absolute Gasteiger partial charge is 0.343 e. The Bertz CT molecular complexity index is 378. The zero-order valence-corrected chi connectivity index (χ0v) is 10.8. The Hall–Kier alpha value is -0.750. The van der Waals surface area contributed by atoms with Gasteiger partial charge in [-0.15, -0.1) is 5.10 Å². The van der Waals surface area contributed by atoms with Crippen molar-refractivity contribution in [1.82, 2.24) is 14.8 Å². The van der Waals surface area contributed by atoms with Gasteiger partial charge in [-0.25, -0.2) is 9.89 Å². The van der Waals surface area contributed by atoms with Crippen LogP contribution in [0, 0.1) is 0 Å². The van der Waals surface area contributed by atoms with Gasteiger partial charge < -0.3 is 5.11 Å². The fourth-order valence-corrected chi connectivity index (χ4v) is 2.45. The number of aromatic amines is 1. The molecule has 0 aliphatic rings. The fraction of sp³-hybridized carbons (Fsp3) is 0.800. The van der Waals surface area contributed by atoms with Crippen molar-refractivity contribution in [2.75, 3.05) is 5.75 Å². The molecule has 1 aromatic rings. The normalized spacial score (nSPS) is 12.0. The predicted octanol–water partition coefficient (Wildman–Crippen LogP) is 1.23. The molecule has 16 heavy (non-hydrogen) atoms. The van der Waals surface area contributed by atoms with Crippen LogP contribution in [0.25, 0.3) is 0 Å². The molecule has 0 spiro atoms. The summed E-state index contributed by atoms with van der Waals surface area (Å²) in [6, 6.07) is 0. The molecule has 0 fully saturated rings. The molecule has 1 aromatic heterocycles. The Morgan fingerprint density at radius 1 is 1.56 bits per heavy atom. The van der Waals surface area contributed by atoms with Crippen LogP contribution in [0.5, 0.6) is 0 Å². The van der Waals surface area contributed by atoms with Gasteiger partial charge in [-0.3, -0.25) is 4.57 Å². The number of hydrogen-bond acceptors (Lipinski definition) is 4. The van der Waals surface area contributed by atoms with Gasteiger partial charge >= 0.3 is 5.69 Å². The molecule has 0 saturated carbocycles. The van der Waals surface area contributed by atoms with E-state index in [9.17, 15) is 9.90 Å². The van der Waals surface area contributed by atoms with Crippen molar-refractivity contribution in [2.24, 2.45) is 0 Å². The van der Waals surface area contributed by atoms with E-state index >= 15 is 0 Å². The molecule has 0 radical (unpaired) electrons. The molecule has 0 aromatic carbocycles. The SMILES string of the molecule is CCCn1c(SCCC(C)(C)O)n[nH]c1=O. The largest absolute Gasteiger partial charge is 0.390 e. The monoisotopic (exact) mass is 245 g/mol. The quantitative estimate of drug-likeness (QED) is 0.740. The zero-order valence-electron chi connectivity index (χ0n) is 9.99. The number of nitrogens with zero attached hydrogens (tertiary/aromatic N) is 2. The van der Waals surface area contributed by atoms with Crippen molar-refractivity contribution in [2.45, 2.75) is 50.9 Å². The third-order valence-electron chi connectivity index (χ3n) is 2.12. The average molecular weight is 245 g/mol. The summed E-state index contributed by atoms with van der Waals surface area (Å²) in [7, 11) is 0. The maximum Gasteiger partial charge on any atom is 0.343 e. The third kappa shape index (κ3) is 4.02. The molecule has 1 rings (SSSR count). The van der Waals surface area contributed by atoms with Crippen LogP contribution >= 0.6 is 11.8 Å². The summed E-state index contributed by atoms with van der Waals surface area (Å²) in [5, 5.41) is 16.7. The lowest BCUT2D eigenvalue weighted by atomic mass is 10.1. The number of aromatic nitrogens is 3. The number of aliphatic hydroxyl groups is 1. The minimum absolute atomic E-state index is 0.160. The number of thioether (sulfide) groups is 1. The highest BCUT2D eigenvalue weighted by Crippen LogP contribution is 2.18. The highest BCUT2D eigenvalue weighted by Gasteiger charge is 2.14. The minimum Gasteiger partial charge on any atom is -0.390 e. The molecular weight excluding hydrogens is 226 g/mol. The Morgan fingerprint density at radius 2 is 2.25 bits per heavy atom. The van der Waals surface area contributed by atoms with Crippen LogP contribution in [0.1, 0.15) is 33.6 Å². The van der Waals surface area contributed by atoms with Crippen molar-refractivity contribution in [1.29, 1.82) is 0 Å². The van der Waals surface area contributed by atoms with E-state index in [4.69, 9.17) is 0 Å². The summed E-state index contributed by atoms with van der Waals surface area (Å²) in [4.78, 5) is 11.4. The topological polar surface area (TPSA) is 70.9 Å². The van der Waals surface area contributed by atoms with E-state index in [1.165, 1.54) is 11.8 Å². The second-order valence-corrected chi connectivity index (χ2v) is 5.44. The molecule has 0 aliphatic heterocycles. The van der Waals surface area contributed by atoms with Crippen molar-refractivity contribution in [3.63, 3.8) is 0 Å². The number of hydrogen-bond donors (Lipinski definition) is 2. The van der Waals surface area contributed by atoms with E-state index in [0.717, 1.165) is 12.2 Å². The maximum atomic E-state index is 11.4. The molecule has 0 saturated heterocycles. The second-order valence-electron chi connectivity index (χ2n) is 4.37. The van der Waals surface area contributed by atoms with E-state index in [1.54, 1.807) is 18.4 Å². The standard InChI is InChI=1S/C10H19N3O2S/c1-4-6-13-8(14)11-12-9(13)16-7-5-10(2,3)15/h15H,4-7H2,1-3H3,(H,11,14). The van der Waals surface area contributed by atoms with Gasteiger partial charge in [-0.1, -0.05) is 18.7 Å². The van der Waals surface area contributed by atoms with Gasteiger partial charge in [0.15, 0.2) is 5.16 Å². The van der Waals surface area contributed by atoms with Gasteiger partial charge in [0.2, 0.25) is 0 Å². The zero-order chi connectivity index (χ0) is 12.2. The molecule has 0 unspecified atom stereocenters. The first-order valence-corrected chi connectivity index (χ1v) is 6.43. The van der Waals surface area contributed by atoms with Crippen LogP contribution in [0.4, 0.5) is 0 Å². The lowest BCUT2D eigenvalue weighted by Crippen LogP contribution is -2.20. The molecule has 0 amide bonds. The average Bonchev–Trinajstić information content (AvgIpc) is 2.48. The van der Waals surface area contributed by atoms with Gasteiger partial charge in [0.25, 0.3) is 0 Å². The van der Waals surface area contributed by atoms with Gasteiger partial charge in [0.1, 0.15) is 0 Å². The molecule has 0 atom stereocenters. The maximum absolute atomic E-state index is 11.4. The summed E-state index contributed by atoms with van der Waals surface area (Å²) < 4.78 is 1.63. The second kappa shape index (κ2) is 5.54. The Kier molecular flexibility index (Phi) is 4.61. The van der Waals surface area contributed by atoms with Crippen LogP contribution in [0.2, 0.25) is 0 Å². The Labute approximate surface area is 99.3 Å². The first-order valence-electron chi connectivity index (χ1n) is 5.44. The van der Waals surface area contributed by atoms with Gasteiger partial charge in [0, 0.05) is 12.3 Å². The van der Waals surface area contributed by atoms with Crippen molar-refractivity contribution >= 4 is 11.8 Å². The summed E-state index contributed by atoms with van der Waals surface area (Å²) in [5.41, 5.74) is -0.827. The van der Waals surface area contributed by atoms with E-state index in [0.29, 0.717) is 18.1 Å². The molecule has 1 heterocycles. The summed E-state index contributed by atoms with van der Waals surface area (Å²) >= 11 is 1.50. The summed E-state index contributed by atoms with van der Waals surface area (Å²) in [5.74, 6) is 0.748. The minimum atomic E-state index is -0.667. The van der Waals surface area contributed by atoms with Gasteiger partial charge in [-0.2, -0.15) is 0 Å². The van der Waals surface area contributed by atoms with Crippen LogP contribution in [-0.2, 0) is 6.54 Å². The van der Waals surface area contributed by atoms with Crippen molar-refractivity contribution in [3.05, 3.63) is 10.5 Å². The lowest BCUT2D eigenvalue weighted by molar-refractivity contribution is 0.0777. The van der Waals surface area contributed by atoms with Crippen LogP contribution in [-0.4, -0.2) is 31.2 Å². The van der Waals surface area contributed by atoms with Crippen LogP contribution in [0.3, 0.4) is 0 Å². The predicted molar refractivity (Wildman–Crippen MR) is 64.8 cm³/mol. The molecule has 0 bridgehead atoms. The Morgan fingerprint density at radius 3 is 2.81 bits per heavy atom. The van der Waals surface area contributed by atoms with Gasteiger partial charge in [0.05, 0.1) is 5.60 Å². The van der Waals surface area contributed by atoms with Gasteiger partial charge in [-0.05, 0) is 26.7 Å². The molecule has 6 heteroatoms. The van der Waals surface area contributed by atoms with E-state index in [2.05, 4.69) is 10.2 Å². The molecule has 92 valence electrons. The highest BCUT2D eigenvalue weighted by molar-refractivity contribution is 7.99. The number of nitrogens with one attached hydrogen (secondary N) is 1. The lowest BCUT2D eigenvalue weighted by Gasteiger charge is -2.15. The molecule has 0 aliphatic carbocycles. The van der Waals surface area contributed by atoms with Crippen LogP contribution in [0.15, 0.2) is 9.95 Å². The summed E-state index contributed by atoms with van der Waals surface area (Å²) in [6.07, 6.45) is 1.57. The van der Waals surface area contributed by atoms with Crippen LogP contribution < -0.4 is 5.69 Å². The summed E-state index contributed by atoms with van der Waals surface area (Å²) in [6.45, 7) is 6.25. The Balaban J connectivity index is 2.57. The third-order valence-corrected chi connectivity index (χ3v) is 3.09. The van der Waals surface area contributed by atoms with E-state index in [-0.39, 0.29) is 5.69 Å². The number of rotatable bonds is 6.